The SMILES string of the molecule is COC(=O)c1cc(Cl)c2cccc(-c3ccccc3)c2n1. The van der Waals surface area contributed by atoms with Gasteiger partial charge in [-0.1, -0.05) is 60.1 Å². The van der Waals surface area contributed by atoms with Gasteiger partial charge in [0.25, 0.3) is 0 Å². The van der Waals surface area contributed by atoms with Crippen molar-refractivity contribution in [2.75, 3.05) is 7.11 Å². The molecule has 0 atom stereocenters. The van der Waals surface area contributed by atoms with Crippen molar-refractivity contribution in [3.05, 3.63) is 65.3 Å². The number of hydrogen-bond acceptors (Lipinski definition) is 3. The third kappa shape index (κ3) is 2.48. The molecular formula is C17H12ClNO2. The lowest BCUT2D eigenvalue weighted by atomic mass is 10.0. The summed E-state index contributed by atoms with van der Waals surface area (Å²) in [7, 11) is 1.32. The van der Waals surface area contributed by atoms with Crippen LogP contribution in [0.2, 0.25) is 5.02 Å². The van der Waals surface area contributed by atoms with Gasteiger partial charge < -0.3 is 4.74 Å². The number of rotatable bonds is 2. The number of methoxy groups -OCH3 is 1. The first-order valence-corrected chi connectivity index (χ1v) is 6.81. The Balaban J connectivity index is 2.31. The maximum atomic E-state index is 11.7. The summed E-state index contributed by atoms with van der Waals surface area (Å²) in [5, 5.41) is 1.30. The minimum Gasteiger partial charge on any atom is -0.464 e. The molecule has 0 fully saturated rings. The molecule has 0 aliphatic heterocycles. The van der Waals surface area contributed by atoms with Crippen LogP contribution in [0.15, 0.2) is 54.6 Å². The molecule has 3 aromatic rings. The molecule has 3 nitrogen and oxygen atoms in total. The minimum absolute atomic E-state index is 0.207. The van der Waals surface area contributed by atoms with Crippen LogP contribution >= 0.6 is 11.6 Å². The van der Waals surface area contributed by atoms with E-state index in [4.69, 9.17) is 16.3 Å². The Bertz CT molecular complexity index is 816. The number of esters is 1. The monoisotopic (exact) mass is 297 g/mol. The fourth-order valence-electron chi connectivity index (χ4n) is 2.27. The Morgan fingerprint density at radius 2 is 1.86 bits per heavy atom. The van der Waals surface area contributed by atoms with Gasteiger partial charge in [-0.15, -0.1) is 0 Å². The first kappa shape index (κ1) is 13.6. The zero-order valence-electron chi connectivity index (χ0n) is 11.3. The van der Waals surface area contributed by atoms with Crippen LogP contribution in [0.5, 0.6) is 0 Å². The Hall–Kier alpha value is -2.39. The molecule has 1 heterocycles. The molecule has 0 radical (unpaired) electrons. The van der Waals surface area contributed by atoms with Gasteiger partial charge in [0, 0.05) is 10.9 Å². The molecule has 0 N–H and O–H groups in total. The molecule has 104 valence electrons. The predicted octanol–water partition coefficient (Wildman–Crippen LogP) is 4.34. The van der Waals surface area contributed by atoms with Crippen LogP contribution in [-0.4, -0.2) is 18.1 Å². The second-order valence-electron chi connectivity index (χ2n) is 4.55. The van der Waals surface area contributed by atoms with Crippen molar-refractivity contribution in [1.82, 2.24) is 4.98 Å². The maximum Gasteiger partial charge on any atom is 0.356 e. The third-order valence-corrected chi connectivity index (χ3v) is 3.58. The van der Waals surface area contributed by atoms with Gasteiger partial charge in [-0.05, 0) is 11.6 Å². The number of carbonyl (C=O) groups is 1. The quantitative estimate of drug-likeness (QED) is 0.660. The van der Waals surface area contributed by atoms with E-state index in [1.165, 1.54) is 13.2 Å². The Kier molecular flexibility index (Phi) is 3.59. The minimum atomic E-state index is -0.498. The number of para-hydroxylation sites is 1. The van der Waals surface area contributed by atoms with E-state index >= 15 is 0 Å². The molecule has 0 unspecified atom stereocenters. The molecule has 0 bridgehead atoms. The zero-order valence-corrected chi connectivity index (χ0v) is 12.1. The van der Waals surface area contributed by atoms with Crippen LogP contribution in [0.1, 0.15) is 10.5 Å². The number of carbonyl (C=O) groups excluding carboxylic acids is 1. The van der Waals surface area contributed by atoms with Crippen molar-refractivity contribution >= 4 is 28.5 Å². The van der Waals surface area contributed by atoms with Crippen molar-refractivity contribution in [3.63, 3.8) is 0 Å². The summed E-state index contributed by atoms with van der Waals surface area (Å²) in [6.45, 7) is 0. The zero-order chi connectivity index (χ0) is 14.8. The number of benzene rings is 2. The summed E-state index contributed by atoms with van der Waals surface area (Å²) in [5.74, 6) is -0.498. The molecule has 21 heavy (non-hydrogen) atoms. The molecule has 0 aliphatic carbocycles. The molecule has 1 aromatic heterocycles. The molecule has 0 saturated heterocycles. The number of pyridine rings is 1. The van der Waals surface area contributed by atoms with E-state index in [1.807, 2.05) is 48.5 Å². The van der Waals surface area contributed by atoms with Gasteiger partial charge in [0.1, 0.15) is 0 Å². The summed E-state index contributed by atoms with van der Waals surface area (Å²) in [6.07, 6.45) is 0. The van der Waals surface area contributed by atoms with Crippen LogP contribution in [0.3, 0.4) is 0 Å². The summed E-state index contributed by atoms with van der Waals surface area (Å²) < 4.78 is 4.73. The lowest BCUT2D eigenvalue weighted by Crippen LogP contribution is -2.04. The number of ether oxygens (including phenoxy) is 1. The topological polar surface area (TPSA) is 39.2 Å². The van der Waals surface area contributed by atoms with E-state index in [1.54, 1.807) is 0 Å². The highest BCUT2D eigenvalue weighted by molar-refractivity contribution is 6.36. The Labute approximate surface area is 127 Å². The summed E-state index contributed by atoms with van der Waals surface area (Å²) in [5.41, 5.74) is 2.85. The second kappa shape index (κ2) is 5.54. The lowest BCUT2D eigenvalue weighted by molar-refractivity contribution is 0.0594. The number of fused-ring (bicyclic) bond motifs is 1. The highest BCUT2D eigenvalue weighted by atomic mass is 35.5. The van der Waals surface area contributed by atoms with E-state index in [0.29, 0.717) is 10.5 Å². The maximum absolute atomic E-state index is 11.7. The van der Waals surface area contributed by atoms with Gasteiger partial charge in [0.2, 0.25) is 0 Å². The van der Waals surface area contributed by atoms with Crippen LogP contribution in [0.4, 0.5) is 0 Å². The van der Waals surface area contributed by atoms with Crippen molar-refractivity contribution in [2.45, 2.75) is 0 Å². The van der Waals surface area contributed by atoms with Crippen LogP contribution in [0, 0.1) is 0 Å². The number of nitrogens with zero attached hydrogens (tertiary/aromatic N) is 1. The molecular weight excluding hydrogens is 286 g/mol. The van der Waals surface area contributed by atoms with E-state index in [-0.39, 0.29) is 5.69 Å². The molecule has 0 saturated carbocycles. The number of hydrogen-bond donors (Lipinski definition) is 0. The van der Waals surface area contributed by atoms with Gasteiger partial charge in [-0.25, -0.2) is 9.78 Å². The Morgan fingerprint density at radius 1 is 1.10 bits per heavy atom. The van der Waals surface area contributed by atoms with Crippen molar-refractivity contribution in [1.29, 1.82) is 0 Å². The number of halogens is 1. The summed E-state index contributed by atoms with van der Waals surface area (Å²) in [4.78, 5) is 16.1. The highest BCUT2D eigenvalue weighted by Crippen LogP contribution is 2.31. The smallest absolute Gasteiger partial charge is 0.356 e. The standard InChI is InChI=1S/C17H12ClNO2/c1-21-17(20)15-10-14(18)13-9-5-8-12(16(13)19-15)11-6-3-2-4-7-11/h2-10H,1H3. The first-order chi connectivity index (χ1) is 10.2. The molecule has 3 rings (SSSR count). The van der Waals surface area contributed by atoms with Gasteiger partial charge in [-0.3, -0.25) is 0 Å². The molecule has 0 aliphatic rings. The van der Waals surface area contributed by atoms with Crippen LogP contribution in [0.25, 0.3) is 22.0 Å². The predicted molar refractivity (Wildman–Crippen MR) is 83.5 cm³/mol. The molecule has 4 heteroatoms. The average molecular weight is 298 g/mol. The van der Waals surface area contributed by atoms with E-state index < -0.39 is 5.97 Å². The third-order valence-electron chi connectivity index (χ3n) is 3.27. The summed E-state index contributed by atoms with van der Waals surface area (Å²) >= 11 is 6.27. The van der Waals surface area contributed by atoms with Gasteiger partial charge in [-0.2, -0.15) is 0 Å². The van der Waals surface area contributed by atoms with Gasteiger partial charge in [0.15, 0.2) is 5.69 Å². The van der Waals surface area contributed by atoms with Gasteiger partial charge in [0.05, 0.1) is 17.6 Å². The van der Waals surface area contributed by atoms with E-state index in [9.17, 15) is 4.79 Å². The molecule has 0 spiro atoms. The van der Waals surface area contributed by atoms with Crippen LogP contribution in [-0.2, 0) is 4.74 Å². The fourth-order valence-corrected chi connectivity index (χ4v) is 2.52. The Morgan fingerprint density at radius 3 is 2.57 bits per heavy atom. The van der Waals surface area contributed by atoms with E-state index in [0.717, 1.165) is 16.5 Å². The first-order valence-electron chi connectivity index (χ1n) is 6.43. The molecule has 2 aromatic carbocycles. The average Bonchev–Trinajstić information content (AvgIpc) is 2.54. The van der Waals surface area contributed by atoms with Crippen molar-refractivity contribution < 1.29 is 9.53 Å². The highest BCUT2D eigenvalue weighted by Gasteiger charge is 2.14. The summed E-state index contributed by atoms with van der Waals surface area (Å²) in [6, 6.07) is 17.2. The second-order valence-corrected chi connectivity index (χ2v) is 4.96. The van der Waals surface area contributed by atoms with Gasteiger partial charge >= 0.3 is 5.97 Å². The fraction of sp³-hybridized carbons (Fsp3) is 0.0588. The largest absolute Gasteiger partial charge is 0.464 e. The normalized spacial score (nSPS) is 10.6. The lowest BCUT2D eigenvalue weighted by Gasteiger charge is -2.09. The molecule has 0 amide bonds. The van der Waals surface area contributed by atoms with Crippen molar-refractivity contribution in [2.24, 2.45) is 0 Å². The van der Waals surface area contributed by atoms with Crippen molar-refractivity contribution in [3.8, 4) is 11.1 Å². The van der Waals surface area contributed by atoms with Crippen LogP contribution < -0.4 is 0 Å². The number of aromatic nitrogens is 1. The van der Waals surface area contributed by atoms with E-state index in [2.05, 4.69) is 4.98 Å².